The number of carbonyl (C=O) groups is 2. The summed E-state index contributed by atoms with van der Waals surface area (Å²) in [6.07, 6.45) is 4.65. The van der Waals surface area contributed by atoms with Gasteiger partial charge in [0.2, 0.25) is 5.91 Å². The molecule has 0 aliphatic heterocycles. The molecule has 2 aliphatic carbocycles. The minimum Gasteiger partial charge on any atom is -0.481 e. The van der Waals surface area contributed by atoms with E-state index in [1.165, 1.54) is 0 Å². The van der Waals surface area contributed by atoms with Crippen LogP contribution in [0, 0.1) is 30.6 Å². The molecule has 118 valence electrons. The summed E-state index contributed by atoms with van der Waals surface area (Å²) in [6, 6.07) is 5.23. The first-order chi connectivity index (χ1) is 11.0. The molecule has 1 saturated carbocycles. The second kappa shape index (κ2) is 4.94. The van der Waals surface area contributed by atoms with E-state index in [1.54, 1.807) is 25.1 Å². The number of aryl methyl sites for hydroxylation is 1. The molecular weight excluding hydrogens is 296 g/mol. The van der Waals surface area contributed by atoms with E-state index in [9.17, 15) is 14.7 Å². The molecule has 2 N–H and O–H groups in total. The molecule has 0 unspecified atom stereocenters. The summed E-state index contributed by atoms with van der Waals surface area (Å²) in [4.78, 5) is 28.3. The predicted molar refractivity (Wildman–Crippen MR) is 82.7 cm³/mol. The zero-order valence-electron chi connectivity index (χ0n) is 12.5. The third-order valence-corrected chi connectivity index (χ3v) is 4.81. The van der Waals surface area contributed by atoms with Gasteiger partial charge < -0.3 is 14.8 Å². The standard InChI is InChI=1S/C17H16N2O4/c1-8-18-12-7-11(4-5-13(12)23-8)19-16(20)14-9-2-3-10(6-9)15(14)17(21)22/h2-5,7,9-10,14-15H,6H2,1H3,(H,19,20)(H,21,22)/t9-,10-,14-,15+/m0/s1. The van der Waals surface area contributed by atoms with Crippen molar-refractivity contribution in [2.75, 3.05) is 5.32 Å². The molecule has 4 rings (SSSR count). The van der Waals surface area contributed by atoms with Gasteiger partial charge in [-0.25, -0.2) is 4.98 Å². The zero-order valence-corrected chi connectivity index (χ0v) is 12.5. The lowest BCUT2D eigenvalue weighted by atomic mass is 9.82. The maximum Gasteiger partial charge on any atom is 0.307 e. The first kappa shape index (κ1) is 14.0. The third kappa shape index (κ3) is 2.21. The van der Waals surface area contributed by atoms with Crippen LogP contribution in [0.4, 0.5) is 5.69 Å². The monoisotopic (exact) mass is 312 g/mol. The Labute approximate surface area is 132 Å². The SMILES string of the molecule is Cc1nc2cc(NC(=O)[C@@H]3[C@H](C(=O)O)[C@H]4C=C[C@H]3C4)ccc2o1. The van der Waals surface area contributed by atoms with Crippen LogP contribution in [0.15, 0.2) is 34.8 Å². The van der Waals surface area contributed by atoms with Gasteiger partial charge >= 0.3 is 5.97 Å². The quantitative estimate of drug-likeness (QED) is 0.850. The number of nitrogens with zero attached hydrogens (tertiary/aromatic N) is 1. The maximum absolute atomic E-state index is 12.6. The average Bonchev–Trinajstić information content (AvgIpc) is 3.18. The maximum atomic E-state index is 12.6. The van der Waals surface area contributed by atoms with Gasteiger partial charge in [-0.15, -0.1) is 0 Å². The summed E-state index contributed by atoms with van der Waals surface area (Å²) in [5.74, 6) is -1.75. The number of rotatable bonds is 3. The number of carboxylic acids is 1. The third-order valence-electron chi connectivity index (χ3n) is 4.81. The molecule has 4 atom stereocenters. The van der Waals surface area contributed by atoms with E-state index in [0.29, 0.717) is 22.7 Å². The number of amides is 1. The van der Waals surface area contributed by atoms with Gasteiger partial charge in [0.1, 0.15) is 5.52 Å². The van der Waals surface area contributed by atoms with Gasteiger partial charge in [-0.3, -0.25) is 9.59 Å². The van der Waals surface area contributed by atoms with E-state index in [-0.39, 0.29) is 17.7 Å². The fraction of sp³-hybridized carbons (Fsp3) is 0.353. The van der Waals surface area contributed by atoms with Gasteiger partial charge in [-0.2, -0.15) is 0 Å². The number of anilines is 1. The topological polar surface area (TPSA) is 92.4 Å². The molecule has 1 amide bonds. The number of hydrogen-bond donors (Lipinski definition) is 2. The second-order valence-electron chi connectivity index (χ2n) is 6.24. The van der Waals surface area contributed by atoms with Crippen molar-refractivity contribution in [2.24, 2.45) is 23.7 Å². The number of nitrogens with one attached hydrogen (secondary N) is 1. The Morgan fingerprint density at radius 2 is 2.00 bits per heavy atom. The number of hydrogen-bond acceptors (Lipinski definition) is 4. The summed E-state index contributed by atoms with van der Waals surface area (Å²) in [5, 5.41) is 12.3. The van der Waals surface area contributed by atoms with Crippen LogP contribution in [0.2, 0.25) is 0 Å². The summed E-state index contributed by atoms with van der Waals surface area (Å²) >= 11 is 0. The molecule has 2 aliphatic rings. The minimum atomic E-state index is -0.899. The molecule has 0 radical (unpaired) electrons. The van der Waals surface area contributed by atoms with Crippen molar-refractivity contribution in [3.05, 3.63) is 36.2 Å². The minimum absolute atomic E-state index is 0.0131. The normalized spacial score (nSPS) is 28.4. The Balaban J connectivity index is 1.58. The Morgan fingerprint density at radius 1 is 1.26 bits per heavy atom. The van der Waals surface area contributed by atoms with Crippen molar-refractivity contribution >= 4 is 28.7 Å². The van der Waals surface area contributed by atoms with Crippen LogP contribution in [0.25, 0.3) is 11.1 Å². The summed E-state index contributed by atoms with van der Waals surface area (Å²) in [6.45, 7) is 1.76. The van der Waals surface area contributed by atoms with Crippen molar-refractivity contribution in [1.29, 1.82) is 0 Å². The smallest absolute Gasteiger partial charge is 0.307 e. The van der Waals surface area contributed by atoms with E-state index in [4.69, 9.17) is 4.42 Å². The molecule has 2 bridgehead atoms. The van der Waals surface area contributed by atoms with Crippen molar-refractivity contribution in [3.8, 4) is 0 Å². The fourth-order valence-corrected chi connectivity index (χ4v) is 3.86. The van der Waals surface area contributed by atoms with E-state index in [2.05, 4.69) is 10.3 Å². The highest BCUT2D eigenvalue weighted by atomic mass is 16.4. The Hall–Kier alpha value is -2.63. The van der Waals surface area contributed by atoms with Gasteiger partial charge in [-0.05, 0) is 36.5 Å². The molecule has 0 saturated heterocycles. The van der Waals surface area contributed by atoms with Crippen molar-refractivity contribution in [1.82, 2.24) is 4.98 Å². The second-order valence-corrected chi connectivity index (χ2v) is 6.24. The number of aromatic nitrogens is 1. The van der Waals surface area contributed by atoms with Crippen LogP contribution in [-0.4, -0.2) is 22.0 Å². The van der Waals surface area contributed by atoms with E-state index in [1.807, 2.05) is 12.2 Å². The largest absolute Gasteiger partial charge is 0.481 e. The Morgan fingerprint density at radius 3 is 2.74 bits per heavy atom. The van der Waals surface area contributed by atoms with Gasteiger partial charge in [-0.1, -0.05) is 12.2 Å². The van der Waals surface area contributed by atoms with Gasteiger partial charge in [0.15, 0.2) is 11.5 Å². The first-order valence-electron chi connectivity index (χ1n) is 7.62. The van der Waals surface area contributed by atoms with Gasteiger partial charge in [0.25, 0.3) is 0 Å². The fourth-order valence-electron chi connectivity index (χ4n) is 3.86. The molecular formula is C17H16N2O4. The molecule has 0 spiro atoms. The number of carboxylic acid groups (broad SMARTS) is 1. The Bertz CT molecular complexity index is 838. The van der Waals surface area contributed by atoms with Crippen LogP contribution in [-0.2, 0) is 9.59 Å². The van der Waals surface area contributed by atoms with E-state index < -0.39 is 17.8 Å². The number of benzene rings is 1. The Kier molecular flexibility index (Phi) is 3.01. The summed E-state index contributed by atoms with van der Waals surface area (Å²) in [5.41, 5.74) is 1.93. The highest BCUT2D eigenvalue weighted by Gasteiger charge is 2.51. The molecule has 1 fully saturated rings. The van der Waals surface area contributed by atoms with Crippen LogP contribution >= 0.6 is 0 Å². The predicted octanol–water partition coefficient (Wildman–Crippen LogP) is 2.60. The highest BCUT2D eigenvalue weighted by Crippen LogP contribution is 2.48. The lowest BCUT2D eigenvalue weighted by molar-refractivity contribution is -0.146. The van der Waals surface area contributed by atoms with E-state index in [0.717, 1.165) is 6.42 Å². The van der Waals surface area contributed by atoms with Gasteiger partial charge in [0.05, 0.1) is 11.8 Å². The molecule has 1 heterocycles. The number of carbonyl (C=O) groups excluding carboxylic acids is 1. The lowest BCUT2D eigenvalue weighted by Crippen LogP contribution is -2.36. The number of allylic oxidation sites excluding steroid dienone is 2. The lowest BCUT2D eigenvalue weighted by Gasteiger charge is -2.23. The summed E-state index contributed by atoms with van der Waals surface area (Å²) in [7, 11) is 0. The first-order valence-corrected chi connectivity index (χ1v) is 7.62. The van der Waals surface area contributed by atoms with Crippen LogP contribution in [0.5, 0.6) is 0 Å². The molecule has 1 aromatic carbocycles. The van der Waals surface area contributed by atoms with Gasteiger partial charge in [0, 0.05) is 12.6 Å². The number of fused-ring (bicyclic) bond motifs is 3. The van der Waals surface area contributed by atoms with Crippen LogP contribution < -0.4 is 5.32 Å². The summed E-state index contributed by atoms with van der Waals surface area (Å²) < 4.78 is 5.41. The number of oxazole rings is 1. The molecule has 6 heteroatoms. The van der Waals surface area contributed by atoms with Crippen molar-refractivity contribution in [3.63, 3.8) is 0 Å². The van der Waals surface area contributed by atoms with Crippen molar-refractivity contribution < 1.29 is 19.1 Å². The molecule has 2 aromatic rings. The molecule has 1 aromatic heterocycles. The van der Waals surface area contributed by atoms with Crippen LogP contribution in [0.1, 0.15) is 12.3 Å². The zero-order chi connectivity index (χ0) is 16.1. The molecule has 6 nitrogen and oxygen atoms in total. The molecule has 23 heavy (non-hydrogen) atoms. The number of aliphatic carboxylic acids is 1. The van der Waals surface area contributed by atoms with Crippen molar-refractivity contribution in [2.45, 2.75) is 13.3 Å². The average molecular weight is 312 g/mol. The highest BCUT2D eigenvalue weighted by molar-refractivity contribution is 5.97. The van der Waals surface area contributed by atoms with E-state index >= 15 is 0 Å². The van der Waals surface area contributed by atoms with Crippen LogP contribution in [0.3, 0.4) is 0 Å².